The predicted molar refractivity (Wildman–Crippen MR) is 63.0 cm³/mol. The molecule has 0 aliphatic heterocycles. The molecule has 2 N–H and O–H groups in total. The van der Waals surface area contributed by atoms with Gasteiger partial charge >= 0.3 is 5.97 Å². The molecule has 0 atom stereocenters. The number of rotatable bonds is 7. The number of carbonyl (C=O) groups is 1. The quantitative estimate of drug-likeness (QED) is 0.639. The van der Waals surface area contributed by atoms with Crippen molar-refractivity contribution >= 4 is 5.97 Å². The molecule has 0 aliphatic rings. The molecule has 15 heavy (non-hydrogen) atoms. The van der Waals surface area contributed by atoms with E-state index in [4.69, 9.17) is 5.11 Å². The van der Waals surface area contributed by atoms with Gasteiger partial charge in [-0.05, 0) is 26.2 Å². The topological polar surface area (TPSA) is 49.3 Å². The second kappa shape index (κ2) is 6.62. The highest BCUT2D eigenvalue weighted by molar-refractivity contribution is 5.80. The number of aliphatic carboxylic acids is 1. The van der Waals surface area contributed by atoms with Crippen molar-refractivity contribution in [1.82, 2.24) is 5.32 Å². The van der Waals surface area contributed by atoms with Crippen molar-refractivity contribution in [3.8, 4) is 0 Å². The first kappa shape index (κ1) is 14.2. The minimum absolute atomic E-state index is 0.160. The fourth-order valence-electron chi connectivity index (χ4n) is 1.71. The highest BCUT2D eigenvalue weighted by Crippen LogP contribution is 2.19. The van der Waals surface area contributed by atoms with E-state index in [0.29, 0.717) is 6.54 Å². The van der Waals surface area contributed by atoms with Gasteiger partial charge in [0.25, 0.3) is 0 Å². The van der Waals surface area contributed by atoms with Gasteiger partial charge in [-0.2, -0.15) is 0 Å². The molecule has 0 radical (unpaired) electrons. The van der Waals surface area contributed by atoms with Crippen LogP contribution >= 0.6 is 0 Å². The highest BCUT2D eigenvalue weighted by atomic mass is 16.4. The Bertz CT molecular complexity index is 222. The lowest BCUT2D eigenvalue weighted by Crippen LogP contribution is -2.44. The van der Waals surface area contributed by atoms with Crippen LogP contribution in [0.2, 0.25) is 0 Å². The lowest BCUT2D eigenvalue weighted by molar-refractivity contribution is -0.131. The first-order valence-corrected chi connectivity index (χ1v) is 5.64. The van der Waals surface area contributed by atoms with Gasteiger partial charge in [0.15, 0.2) is 0 Å². The van der Waals surface area contributed by atoms with Crippen molar-refractivity contribution in [3.05, 3.63) is 11.6 Å². The van der Waals surface area contributed by atoms with Crippen LogP contribution in [0.1, 0.15) is 47.0 Å². The zero-order valence-corrected chi connectivity index (χ0v) is 10.3. The smallest absolute Gasteiger partial charge is 0.328 e. The Labute approximate surface area is 92.6 Å². The number of carboxylic acids is 1. The third kappa shape index (κ3) is 4.98. The summed E-state index contributed by atoms with van der Waals surface area (Å²) in [5.41, 5.74) is 1.02. The van der Waals surface area contributed by atoms with Crippen LogP contribution in [0.5, 0.6) is 0 Å². The first-order chi connectivity index (χ1) is 6.99. The van der Waals surface area contributed by atoms with E-state index in [0.717, 1.165) is 24.8 Å². The van der Waals surface area contributed by atoms with Crippen LogP contribution in [-0.2, 0) is 4.79 Å². The number of hydrogen-bond donors (Lipinski definition) is 2. The maximum absolute atomic E-state index is 10.4. The highest BCUT2D eigenvalue weighted by Gasteiger charge is 2.22. The van der Waals surface area contributed by atoms with Gasteiger partial charge in [-0.15, -0.1) is 0 Å². The van der Waals surface area contributed by atoms with Gasteiger partial charge in [-0.25, -0.2) is 4.79 Å². The molecule has 88 valence electrons. The minimum atomic E-state index is -0.871. The Morgan fingerprint density at radius 3 is 2.07 bits per heavy atom. The summed E-state index contributed by atoms with van der Waals surface area (Å²) in [7, 11) is 0. The van der Waals surface area contributed by atoms with Crippen LogP contribution in [0.4, 0.5) is 0 Å². The van der Waals surface area contributed by atoms with E-state index in [2.05, 4.69) is 26.1 Å². The van der Waals surface area contributed by atoms with Crippen LogP contribution in [0, 0.1) is 0 Å². The molecule has 0 aromatic carbocycles. The van der Waals surface area contributed by atoms with Gasteiger partial charge in [-0.3, -0.25) is 0 Å². The molecular weight excluding hydrogens is 190 g/mol. The molecule has 0 fully saturated rings. The SMILES string of the molecule is CCC(CC)(CC)NCC(C)=CC(=O)O. The molecule has 3 nitrogen and oxygen atoms in total. The van der Waals surface area contributed by atoms with E-state index in [1.54, 1.807) is 0 Å². The normalized spacial score (nSPS) is 12.9. The molecule has 0 aromatic rings. The number of carboxylic acid groups (broad SMARTS) is 1. The first-order valence-electron chi connectivity index (χ1n) is 5.64. The van der Waals surface area contributed by atoms with Crippen LogP contribution in [0.25, 0.3) is 0 Å². The minimum Gasteiger partial charge on any atom is -0.478 e. The third-order valence-electron chi connectivity index (χ3n) is 3.14. The molecule has 0 aliphatic carbocycles. The van der Waals surface area contributed by atoms with Gasteiger partial charge in [0.2, 0.25) is 0 Å². The number of nitrogens with one attached hydrogen (secondary N) is 1. The summed E-state index contributed by atoms with van der Waals surface area (Å²) in [6.07, 6.45) is 4.47. The molecule has 0 aromatic heterocycles. The maximum Gasteiger partial charge on any atom is 0.328 e. The predicted octanol–water partition coefficient (Wildman–Crippen LogP) is 2.58. The molecule has 0 spiro atoms. The van der Waals surface area contributed by atoms with Crippen LogP contribution in [0.3, 0.4) is 0 Å². The van der Waals surface area contributed by atoms with Crippen LogP contribution < -0.4 is 5.32 Å². The molecule has 0 heterocycles. The summed E-state index contributed by atoms with van der Waals surface area (Å²) in [5, 5.41) is 12.0. The average Bonchev–Trinajstić information content (AvgIpc) is 2.20. The van der Waals surface area contributed by atoms with Gasteiger partial charge in [0.1, 0.15) is 0 Å². The second-order valence-electron chi connectivity index (χ2n) is 4.02. The summed E-state index contributed by atoms with van der Waals surface area (Å²) in [6, 6.07) is 0. The Hall–Kier alpha value is -0.830. The van der Waals surface area contributed by atoms with Crippen molar-refractivity contribution in [2.45, 2.75) is 52.5 Å². The summed E-state index contributed by atoms with van der Waals surface area (Å²) >= 11 is 0. The fraction of sp³-hybridized carbons (Fsp3) is 0.750. The Kier molecular flexibility index (Phi) is 6.25. The molecule has 0 saturated heterocycles. The van der Waals surface area contributed by atoms with Crippen molar-refractivity contribution in [2.75, 3.05) is 6.54 Å². The zero-order chi connectivity index (χ0) is 11.9. The second-order valence-corrected chi connectivity index (χ2v) is 4.02. The standard InChI is InChI=1S/C12H23NO2/c1-5-12(6-2,7-3)13-9-10(4)8-11(14)15/h8,13H,5-7,9H2,1-4H3,(H,14,15). The lowest BCUT2D eigenvalue weighted by atomic mass is 9.89. The van der Waals surface area contributed by atoms with Crippen molar-refractivity contribution < 1.29 is 9.90 Å². The van der Waals surface area contributed by atoms with Crippen LogP contribution in [0.15, 0.2) is 11.6 Å². The monoisotopic (exact) mass is 213 g/mol. The maximum atomic E-state index is 10.4. The molecule has 0 saturated carbocycles. The van der Waals surface area contributed by atoms with Gasteiger partial charge in [0, 0.05) is 18.2 Å². The Morgan fingerprint density at radius 2 is 1.73 bits per heavy atom. The Balaban J connectivity index is 4.28. The van der Waals surface area contributed by atoms with E-state index in [1.165, 1.54) is 6.08 Å². The average molecular weight is 213 g/mol. The largest absolute Gasteiger partial charge is 0.478 e. The Morgan fingerprint density at radius 1 is 1.27 bits per heavy atom. The van der Waals surface area contributed by atoms with Crippen LogP contribution in [-0.4, -0.2) is 23.2 Å². The van der Waals surface area contributed by atoms with E-state index < -0.39 is 5.97 Å². The van der Waals surface area contributed by atoms with E-state index in [1.807, 2.05) is 6.92 Å². The zero-order valence-electron chi connectivity index (χ0n) is 10.3. The summed E-state index contributed by atoms with van der Waals surface area (Å²) in [6.45, 7) is 8.98. The van der Waals surface area contributed by atoms with Crippen molar-refractivity contribution in [3.63, 3.8) is 0 Å². The van der Waals surface area contributed by atoms with E-state index in [-0.39, 0.29) is 5.54 Å². The molecule has 3 heteroatoms. The van der Waals surface area contributed by atoms with Gasteiger partial charge in [0.05, 0.1) is 0 Å². The molecule has 0 rings (SSSR count). The molecule has 0 amide bonds. The van der Waals surface area contributed by atoms with E-state index >= 15 is 0 Å². The number of hydrogen-bond acceptors (Lipinski definition) is 2. The summed E-state index contributed by atoms with van der Waals surface area (Å²) in [4.78, 5) is 10.4. The summed E-state index contributed by atoms with van der Waals surface area (Å²) < 4.78 is 0. The summed E-state index contributed by atoms with van der Waals surface area (Å²) in [5.74, 6) is -0.871. The van der Waals surface area contributed by atoms with Gasteiger partial charge < -0.3 is 10.4 Å². The lowest BCUT2D eigenvalue weighted by Gasteiger charge is -2.32. The molecule has 0 bridgehead atoms. The van der Waals surface area contributed by atoms with Crippen molar-refractivity contribution in [1.29, 1.82) is 0 Å². The van der Waals surface area contributed by atoms with E-state index in [9.17, 15) is 4.79 Å². The third-order valence-corrected chi connectivity index (χ3v) is 3.14. The van der Waals surface area contributed by atoms with Crippen molar-refractivity contribution in [2.24, 2.45) is 0 Å². The van der Waals surface area contributed by atoms with Gasteiger partial charge in [-0.1, -0.05) is 26.3 Å². The molecular formula is C12H23NO2. The molecule has 0 unspecified atom stereocenters. The fourth-order valence-corrected chi connectivity index (χ4v) is 1.71.